The molecule has 4 amide bonds. The monoisotopic (exact) mass is 685 g/mol. The number of nitrogens with two attached hydrogens (primary N) is 2. The molecule has 0 aliphatic heterocycles. The molecule has 0 rings (SSSR count). The van der Waals surface area contributed by atoms with Crippen molar-refractivity contribution in [2.75, 3.05) is 13.1 Å². The van der Waals surface area contributed by atoms with Crippen molar-refractivity contribution in [2.45, 2.75) is 174 Å². The van der Waals surface area contributed by atoms with Crippen LogP contribution in [0.4, 0.5) is 0 Å². The zero-order valence-corrected chi connectivity index (χ0v) is 30.2. The molecule has 1 unspecified atom stereocenters. The molecule has 280 valence electrons. The summed E-state index contributed by atoms with van der Waals surface area (Å²) in [6.07, 6.45) is 16.2. The summed E-state index contributed by atoms with van der Waals surface area (Å²) in [7, 11) is 0. The van der Waals surface area contributed by atoms with E-state index in [2.05, 4.69) is 28.2 Å². The molecule has 10 N–H and O–H groups in total. The first-order valence-electron chi connectivity index (χ1n) is 18.4. The summed E-state index contributed by atoms with van der Waals surface area (Å²) in [6.45, 7) is 7.37. The number of carboxylic acid groups (broad SMARTS) is 1. The average Bonchev–Trinajstić information content (AvgIpc) is 3.03. The maximum atomic E-state index is 13.4. The molecule has 13 nitrogen and oxygen atoms in total. The number of rotatable bonds is 30. The molecule has 0 bridgehead atoms. The van der Waals surface area contributed by atoms with Crippen molar-refractivity contribution in [3.8, 4) is 0 Å². The number of carbonyl (C=O) groups excluding carboxylic acids is 4. The third-order valence-electron chi connectivity index (χ3n) is 8.49. The topological polar surface area (TPSA) is 226 Å². The normalized spacial score (nSPS) is 14.4. The van der Waals surface area contributed by atoms with E-state index in [9.17, 15) is 34.2 Å². The molecule has 0 aromatic carbocycles. The van der Waals surface area contributed by atoms with Crippen LogP contribution in [0.15, 0.2) is 0 Å². The summed E-state index contributed by atoms with van der Waals surface area (Å²) in [4.78, 5) is 63.7. The predicted octanol–water partition coefficient (Wildman–Crippen LogP) is 3.01. The Morgan fingerprint density at radius 3 is 1.48 bits per heavy atom. The molecule has 0 heterocycles. The van der Waals surface area contributed by atoms with E-state index < -0.39 is 54.0 Å². The Kier molecular flexibility index (Phi) is 26.5. The largest absolute Gasteiger partial charge is 0.480 e. The first kappa shape index (κ1) is 45.2. The van der Waals surface area contributed by atoms with Gasteiger partial charge in [-0.05, 0) is 58.0 Å². The molecule has 48 heavy (non-hydrogen) atoms. The summed E-state index contributed by atoms with van der Waals surface area (Å²) in [5, 5.41) is 29.4. The minimum absolute atomic E-state index is 0.000547. The number of aliphatic hydroxyl groups is 1. The van der Waals surface area contributed by atoms with E-state index in [1.54, 1.807) is 13.8 Å². The number of aliphatic carboxylic acids is 1. The number of unbranched alkanes of at least 4 members (excludes halogenated alkanes) is 13. The molecule has 0 aliphatic rings. The van der Waals surface area contributed by atoms with Crippen LogP contribution in [0, 0.1) is 5.92 Å². The second kappa shape index (κ2) is 28.1. The van der Waals surface area contributed by atoms with Gasteiger partial charge in [0.25, 0.3) is 0 Å². The van der Waals surface area contributed by atoms with Gasteiger partial charge in [0.1, 0.15) is 18.1 Å². The van der Waals surface area contributed by atoms with E-state index in [0.717, 1.165) is 25.7 Å². The van der Waals surface area contributed by atoms with Gasteiger partial charge in [-0.1, -0.05) is 97.8 Å². The molecule has 0 spiro atoms. The summed E-state index contributed by atoms with van der Waals surface area (Å²) >= 11 is 0. The summed E-state index contributed by atoms with van der Waals surface area (Å²) in [5.74, 6) is -4.03. The zero-order chi connectivity index (χ0) is 36.3. The van der Waals surface area contributed by atoms with Crippen LogP contribution < -0.4 is 32.7 Å². The maximum Gasteiger partial charge on any atom is 0.328 e. The van der Waals surface area contributed by atoms with Crippen LogP contribution in [0.2, 0.25) is 0 Å². The number of nitrogens with one attached hydrogen (secondary N) is 4. The van der Waals surface area contributed by atoms with Gasteiger partial charge in [-0.25, -0.2) is 4.79 Å². The molecule has 0 aromatic rings. The molecular weight excluding hydrogens is 616 g/mol. The van der Waals surface area contributed by atoms with Crippen LogP contribution in [0.1, 0.15) is 143 Å². The Morgan fingerprint density at radius 2 is 1.04 bits per heavy atom. The van der Waals surface area contributed by atoms with Crippen molar-refractivity contribution >= 4 is 29.6 Å². The van der Waals surface area contributed by atoms with Gasteiger partial charge >= 0.3 is 5.97 Å². The maximum absolute atomic E-state index is 13.4. The molecule has 0 saturated carbocycles. The van der Waals surface area contributed by atoms with Crippen LogP contribution in [0.5, 0.6) is 0 Å². The lowest BCUT2D eigenvalue weighted by Gasteiger charge is -2.28. The molecular formula is C35H68N6O7. The van der Waals surface area contributed by atoms with Gasteiger partial charge < -0.3 is 42.9 Å². The number of carboxylic acids is 1. The average molecular weight is 685 g/mol. The van der Waals surface area contributed by atoms with Crippen LogP contribution in [0.25, 0.3) is 0 Å². The molecule has 0 aliphatic carbocycles. The first-order chi connectivity index (χ1) is 22.9. The van der Waals surface area contributed by atoms with E-state index >= 15 is 0 Å². The second-order valence-corrected chi connectivity index (χ2v) is 13.3. The number of carbonyl (C=O) groups is 5. The van der Waals surface area contributed by atoms with Crippen molar-refractivity contribution in [1.82, 2.24) is 21.3 Å². The number of amides is 4. The van der Waals surface area contributed by atoms with Gasteiger partial charge in [-0.15, -0.1) is 0 Å². The zero-order valence-electron chi connectivity index (χ0n) is 30.2. The smallest absolute Gasteiger partial charge is 0.328 e. The van der Waals surface area contributed by atoms with Gasteiger partial charge in [0, 0.05) is 6.42 Å². The Morgan fingerprint density at radius 1 is 0.562 bits per heavy atom. The van der Waals surface area contributed by atoms with E-state index in [-0.39, 0.29) is 24.8 Å². The van der Waals surface area contributed by atoms with Crippen molar-refractivity contribution in [3.63, 3.8) is 0 Å². The highest BCUT2D eigenvalue weighted by Gasteiger charge is 2.33. The van der Waals surface area contributed by atoms with Crippen molar-refractivity contribution < 1.29 is 34.2 Å². The Hall–Kier alpha value is -2.77. The molecule has 13 heteroatoms. The molecule has 0 saturated heterocycles. The fourth-order valence-corrected chi connectivity index (χ4v) is 5.46. The lowest BCUT2D eigenvalue weighted by Crippen LogP contribution is -2.60. The van der Waals surface area contributed by atoms with E-state index in [1.165, 1.54) is 64.7 Å². The summed E-state index contributed by atoms with van der Waals surface area (Å²) in [5.41, 5.74) is 11.3. The molecule has 0 fully saturated rings. The SMILES string of the molecule is CCCCCCCCCCCCCCCC(=O)N[C@@H](CCCCN)C(=O)N[C@H](C(=O)NC(CCN)C(=O)N[C@H](C(=O)O)[C@@H](C)O)C(C)C. The van der Waals surface area contributed by atoms with Crippen LogP contribution in [-0.4, -0.2) is 83.2 Å². The lowest BCUT2D eigenvalue weighted by molar-refractivity contribution is -0.145. The number of hydrogen-bond acceptors (Lipinski definition) is 8. The molecule has 5 atom stereocenters. The van der Waals surface area contributed by atoms with Gasteiger partial charge in [0.2, 0.25) is 23.6 Å². The van der Waals surface area contributed by atoms with Crippen molar-refractivity contribution in [3.05, 3.63) is 0 Å². The molecule has 0 radical (unpaired) electrons. The Labute approximate surface area is 288 Å². The van der Waals surface area contributed by atoms with Crippen molar-refractivity contribution in [1.29, 1.82) is 0 Å². The van der Waals surface area contributed by atoms with Gasteiger partial charge in [-0.2, -0.15) is 0 Å². The number of aliphatic hydroxyl groups excluding tert-OH is 1. The van der Waals surface area contributed by atoms with Crippen LogP contribution in [0.3, 0.4) is 0 Å². The van der Waals surface area contributed by atoms with E-state index in [4.69, 9.17) is 11.5 Å². The first-order valence-corrected chi connectivity index (χ1v) is 18.4. The highest BCUT2D eigenvalue weighted by Crippen LogP contribution is 2.13. The van der Waals surface area contributed by atoms with Crippen LogP contribution in [-0.2, 0) is 24.0 Å². The van der Waals surface area contributed by atoms with Crippen molar-refractivity contribution in [2.24, 2.45) is 17.4 Å². The van der Waals surface area contributed by atoms with Gasteiger partial charge in [-0.3, -0.25) is 19.2 Å². The Balaban J connectivity index is 5.01. The predicted molar refractivity (Wildman–Crippen MR) is 189 cm³/mol. The van der Waals surface area contributed by atoms with Crippen LogP contribution >= 0.6 is 0 Å². The minimum atomic E-state index is -1.58. The molecule has 0 aromatic heterocycles. The van der Waals surface area contributed by atoms with E-state index in [1.807, 2.05) is 0 Å². The third kappa shape index (κ3) is 21.3. The lowest BCUT2D eigenvalue weighted by atomic mass is 10.0. The van der Waals surface area contributed by atoms with Gasteiger partial charge in [0.05, 0.1) is 6.10 Å². The standard InChI is InChI=1S/C35H68N6O7/c1-5-6-7-8-9-10-11-12-13-14-15-16-17-21-29(43)38-27(20-18-19-23-36)32(44)40-30(25(2)3)34(46)39-28(22-24-37)33(45)41-31(26(4)42)35(47)48/h25-28,30-31,42H,5-24,36-37H2,1-4H3,(H,38,43)(H,39,46)(H,40,44)(H,41,45)(H,47,48)/t26-,27+,28?,30+,31+/m1/s1. The highest BCUT2D eigenvalue weighted by molar-refractivity contribution is 5.95. The fraction of sp³-hybridized carbons (Fsp3) is 0.857. The quantitative estimate of drug-likeness (QED) is 0.0520. The number of hydrogen-bond donors (Lipinski definition) is 8. The second-order valence-electron chi connectivity index (χ2n) is 13.3. The third-order valence-corrected chi connectivity index (χ3v) is 8.49. The van der Waals surface area contributed by atoms with E-state index in [0.29, 0.717) is 32.2 Å². The Bertz CT molecular complexity index is 918. The summed E-state index contributed by atoms with van der Waals surface area (Å²) in [6, 6.07) is -4.67. The fourth-order valence-electron chi connectivity index (χ4n) is 5.46. The minimum Gasteiger partial charge on any atom is -0.480 e. The highest BCUT2D eigenvalue weighted by atomic mass is 16.4. The van der Waals surface area contributed by atoms with Gasteiger partial charge in [0.15, 0.2) is 6.04 Å². The summed E-state index contributed by atoms with van der Waals surface area (Å²) < 4.78 is 0.